The second kappa shape index (κ2) is 5.79. The van der Waals surface area contributed by atoms with Crippen LogP contribution in [0, 0.1) is 0 Å². The van der Waals surface area contributed by atoms with Gasteiger partial charge in [0.25, 0.3) is 0 Å². The molecule has 0 saturated heterocycles. The van der Waals surface area contributed by atoms with Gasteiger partial charge in [-0.1, -0.05) is 11.6 Å². The van der Waals surface area contributed by atoms with E-state index in [1.54, 1.807) is 23.0 Å². The van der Waals surface area contributed by atoms with Crippen molar-refractivity contribution < 1.29 is 14.3 Å². The molecule has 0 aromatic carbocycles. The number of aromatic nitrogens is 3. The van der Waals surface area contributed by atoms with E-state index in [1.807, 2.05) is 0 Å². The molecule has 0 atom stereocenters. The van der Waals surface area contributed by atoms with Crippen molar-refractivity contribution in [2.75, 3.05) is 13.7 Å². The molecule has 0 aliphatic rings. The highest BCUT2D eigenvalue weighted by Gasteiger charge is 2.07. The number of hydrogen-bond acceptors (Lipinski definition) is 5. The van der Waals surface area contributed by atoms with Crippen molar-refractivity contribution in [3.63, 3.8) is 0 Å². The summed E-state index contributed by atoms with van der Waals surface area (Å²) in [6.07, 6.45) is 5.21. The van der Waals surface area contributed by atoms with Crippen molar-refractivity contribution >= 4 is 23.1 Å². The van der Waals surface area contributed by atoms with Crippen LogP contribution in [0.25, 0.3) is 5.52 Å². The fraction of sp³-hybridized carbons (Fsp3) is 0.364. The van der Waals surface area contributed by atoms with Gasteiger partial charge in [0.2, 0.25) is 0 Å². The first-order valence-electron chi connectivity index (χ1n) is 5.33. The van der Waals surface area contributed by atoms with Gasteiger partial charge in [-0.3, -0.25) is 9.20 Å². The Kier molecular flexibility index (Phi) is 4.11. The van der Waals surface area contributed by atoms with Crippen molar-refractivity contribution in [1.29, 1.82) is 0 Å². The van der Waals surface area contributed by atoms with Crippen LogP contribution in [0.2, 0.25) is 5.15 Å². The van der Waals surface area contributed by atoms with Crippen LogP contribution in [0.5, 0.6) is 0 Å². The molecule has 7 heteroatoms. The van der Waals surface area contributed by atoms with Crippen LogP contribution in [0.3, 0.4) is 0 Å². The molecular formula is C11H12ClN3O3. The summed E-state index contributed by atoms with van der Waals surface area (Å²) >= 11 is 5.92. The van der Waals surface area contributed by atoms with Gasteiger partial charge in [-0.2, -0.15) is 0 Å². The maximum atomic E-state index is 10.9. The van der Waals surface area contributed by atoms with Crippen molar-refractivity contribution in [2.45, 2.75) is 13.0 Å². The van der Waals surface area contributed by atoms with Crippen LogP contribution in [0.15, 0.2) is 18.6 Å². The van der Waals surface area contributed by atoms with Crippen LogP contribution in [-0.2, 0) is 20.9 Å². The molecule has 6 nitrogen and oxygen atoms in total. The maximum absolute atomic E-state index is 10.9. The molecule has 96 valence electrons. The van der Waals surface area contributed by atoms with Gasteiger partial charge in [0.05, 0.1) is 26.3 Å². The number of hydrogen-bond donors (Lipinski definition) is 0. The van der Waals surface area contributed by atoms with Crippen molar-refractivity contribution in [1.82, 2.24) is 14.4 Å². The number of halogens is 1. The number of ether oxygens (including phenoxy) is 2. The Hall–Kier alpha value is -1.66. The Morgan fingerprint density at radius 1 is 1.50 bits per heavy atom. The summed E-state index contributed by atoms with van der Waals surface area (Å²) in [5.74, 6) is 0.411. The zero-order valence-electron chi connectivity index (χ0n) is 9.80. The normalized spacial score (nSPS) is 10.8. The monoisotopic (exact) mass is 269 g/mol. The van der Waals surface area contributed by atoms with E-state index in [9.17, 15) is 4.79 Å². The maximum Gasteiger partial charge on any atom is 0.307 e. The lowest BCUT2D eigenvalue weighted by Gasteiger charge is -2.03. The van der Waals surface area contributed by atoms with Gasteiger partial charge in [0.1, 0.15) is 17.9 Å². The van der Waals surface area contributed by atoms with E-state index in [-0.39, 0.29) is 12.4 Å². The summed E-state index contributed by atoms with van der Waals surface area (Å²) < 4.78 is 11.7. The molecule has 0 saturated carbocycles. The Morgan fingerprint density at radius 2 is 2.33 bits per heavy atom. The van der Waals surface area contributed by atoms with Gasteiger partial charge in [0.15, 0.2) is 5.15 Å². The summed E-state index contributed by atoms with van der Waals surface area (Å²) in [7, 11) is 1.35. The first-order valence-corrected chi connectivity index (χ1v) is 5.71. The van der Waals surface area contributed by atoms with Crippen molar-refractivity contribution in [2.24, 2.45) is 0 Å². The Labute approximate surface area is 109 Å². The van der Waals surface area contributed by atoms with Crippen LogP contribution in [0.4, 0.5) is 0 Å². The molecule has 0 N–H and O–H groups in total. The van der Waals surface area contributed by atoms with Gasteiger partial charge < -0.3 is 9.47 Å². The summed E-state index contributed by atoms with van der Waals surface area (Å²) in [5, 5.41) is 0.394. The van der Waals surface area contributed by atoms with Crippen molar-refractivity contribution in [3.8, 4) is 0 Å². The highest BCUT2D eigenvalue weighted by atomic mass is 35.5. The molecule has 0 unspecified atom stereocenters. The average Bonchev–Trinajstić information content (AvgIpc) is 2.79. The van der Waals surface area contributed by atoms with Crippen LogP contribution < -0.4 is 0 Å². The number of nitrogens with zero attached hydrogens (tertiary/aromatic N) is 3. The van der Waals surface area contributed by atoms with E-state index in [4.69, 9.17) is 16.3 Å². The minimum absolute atomic E-state index is 0.224. The highest BCUT2D eigenvalue weighted by Crippen LogP contribution is 2.15. The van der Waals surface area contributed by atoms with Crippen LogP contribution >= 0.6 is 11.6 Å². The van der Waals surface area contributed by atoms with Gasteiger partial charge in [-0.15, -0.1) is 0 Å². The summed E-state index contributed by atoms with van der Waals surface area (Å²) in [6.45, 7) is 0.589. The molecule has 0 bridgehead atoms. The Balaban J connectivity index is 1.96. The molecule has 0 fully saturated rings. The van der Waals surface area contributed by atoms with Gasteiger partial charge in [-0.05, 0) is 0 Å². The number of imidazole rings is 1. The molecule has 2 heterocycles. The minimum Gasteiger partial charge on any atom is -0.469 e. The molecule has 2 aromatic heterocycles. The van der Waals surface area contributed by atoms with E-state index in [0.29, 0.717) is 24.2 Å². The highest BCUT2D eigenvalue weighted by molar-refractivity contribution is 6.32. The van der Waals surface area contributed by atoms with Crippen LogP contribution in [0.1, 0.15) is 12.2 Å². The van der Waals surface area contributed by atoms with Gasteiger partial charge >= 0.3 is 5.97 Å². The number of carbonyl (C=O) groups excluding carboxylic acids is 1. The molecular weight excluding hydrogens is 258 g/mol. The third kappa shape index (κ3) is 2.77. The van der Waals surface area contributed by atoms with E-state index in [2.05, 4.69) is 14.7 Å². The van der Waals surface area contributed by atoms with E-state index < -0.39 is 0 Å². The lowest BCUT2D eigenvalue weighted by atomic mass is 10.5. The summed E-state index contributed by atoms with van der Waals surface area (Å²) in [4.78, 5) is 19.0. The number of fused-ring (bicyclic) bond motifs is 1. The molecule has 2 rings (SSSR count). The largest absolute Gasteiger partial charge is 0.469 e. The molecule has 0 aliphatic carbocycles. The second-order valence-corrected chi connectivity index (χ2v) is 3.88. The van der Waals surface area contributed by atoms with E-state index >= 15 is 0 Å². The fourth-order valence-electron chi connectivity index (χ4n) is 1.48. The van der Waals surface area contributed by atoms with E-state index in [0.717, 1.165) is 5.52 Å². The quantitative estimate of drug-likeness (QED) is 0.607. The fourth-order valence-corrected chi connectivity index (χ4v) is 1.67. The van der Waals surface area contributed by atoms with E-state index in [1.165, 1.54) is 7.11 Å². The third-order valence-electron chi connectivity index (χ3n) is 2.40. The molecule has 0 amide bonds. The van der Waals surface area contributed by atoms with Gasteiger partial charge in [0, 0.05) is 12.4 Å². The van der Waals surface area contributed by atoms with Crippen molar-refractivity contribution in [3.05, 3.63) is 29.6 Å². The number of methoxy groups -OCH3 is 1. The summed E-state index contributed by atoms with van der Waals surface area (Å²) in [6, 6.07) is 0. The second-order valence-electron chi connectivity index (χ2n) is 3.53. The smallest absolute Gasteiger partial charge is 0.307 e. The predicted molar refractivity (Wildman–Crippen MR) is 64.3 cm³/mol. The van der Waals surface area contributed by atoms with Crippen LogP contribution in [-0.4, -0.2) is 34.1 Å². The zero-order valence-corrected chi connectivity index (χ0v) is 10.6. The summed E-state index contributed by atoms with van der Waals surface area (Å²) in [5.41, 5.74) is 0.728. The lowest BCUT2D eigenvalue weighted by Crippen LogP contribution is -2.07. The molecule has 0 radical (unpaired) electrons. The SMILES string of the molecule is COC(=O)CCOCc1ncc2c(Cl)nccn12. The number of carbonyl (C=O) groups is 1. The first kappa shape index (κ1) is 12.8. The standard InChI is InChI=1S/C11H12ClN3O3/c1-17-10(16)2-5-18-7-9-14-6-8-11(12)13-3-4-15(8)9/h3-4,6H,2,5,7H2,1H3. The average molecular weight is 270 g/mol. The number of esters is 1. The Morgan fingerprint density at radius 3 is 3.11 bits per heavy atom. The minimum atomic E-state index is -0.296. The zero-order chi connectivity index (χ0) is 13.0. The lowest BCUT2D eigenvalue weighted by molar-refractivity contribution is -0.141. The predicted octanol–water partition coefficient (Wildman–Crippen LogP) is 1.46. The molecule has 18 heavy (non-hydrogen) atoms. The molecule has 0 spiro atoms. The van der Waals surface area contributed by atoms with Gasteiger partial charge in [-0.25, -0.2) is 9.97 Å². The topological polar surface area (TPSA) is 65.7 Å². The first-order chi connectivity index (χ1) is 8.72. The third-order valence-corrected chi connectivity index (χ3v) is 2.69. The molecule has 2 aromatic rings. The molecule has 0 aliphatic heterocycles. The Bertz CT molecular complexity index is 555. The number of rotatable bonds is 5.